The topological polar surface area (TPSA) is 122 Å². The number of rotatable bonds is 7. The van der Waals surface area contributed by atoms with Crippen LogP contribution in [0.1, 0.15) is 25.0 Å². The number of nitrogens with one attached hydrogen (secondary N) is 1. The SMILES string of the molecule is Cc1cc(/N=c2\[nH]c(=O)n(CC(C)(C)C(=O)O)c(=O)n2Cc2ccc(Cl)cc2)ccc1N1CCOCC1. The second-order valence-electron chi connectivity index (χ2n) is 9.71. The van der Waals surface area contributed by atoms with Crippen LogP contribution in [0.4, 0.5) is 11.4 Å². The minimum atomic E-state index is -1.33. The number of carboxylic acids is 1. The van der Waals surface area contributed by atoms with Gasteiger partial charge in [0.2, 0.25) is 5.62 Å². The number of halogens is 1. The number of aliphatic carboxylic acids is 1. The molecule has 1 aliphatic rings. The van der Waals surface area contributed by atoms with Crippen LogP contribution in [0.15, 0.2) is 57.0 Å². The third-order valence-corrected chi connectivity index (χ3v) is 6.59. The summed E-state index contributed by atoms with van der Waals surface area (Å²) in [6.07, 6.45) is 0. The maximum Gasteiger partial charge on any atom is 0.335 e. The molecule has 4 rings (SSSR count). The van der Waals surface area contributed by atoms with Gasteiger partial charge in [0.1, 0.15) is 0 Å². The predicted octanol–water partition coefficient (Wildman–Crippen LogP) is 2.53. The van der Waals surface area contributed by atoms with Gasteiger partial charge in [-0.1, -0.05) is 23.7 Å². The minimum Gasteiger partial charge on any atom is -0.481 e. The van der Waals surface area contributed by atoms with Gasteiger partial charge in [-0.15, -0.1) is 0 Å². The van der Waals surface area contributed by atoms with Gasteiger partial charge in [0.25, 0.3) is 0 Å². The maximum absolute atomic E-state index is 13.5. The first-order chi connectivity index (χ1) is 17.5. The van der Waals surface area contributed by atoms with Crippen LogP contribution in [0, 0.1) is 12.3 Å². The molecule has 0 saturated carbocycles. The molecule has 0 radical (unpaired) electrons. The summed E-state index contributed by atoms with van der Waals surface area (Å²) in [6.45, 7) is 7.66. The maximum atomic E-state index is 13.5. The van der Waals surface area contributed by atoms with Crippen molar-refractivity contribution in [1.29, 1.82) is 0 Å². The Hall–Kier alpha value is -3.63. The largest absolute Gasteiger partial charge is 0.481 e. The molecule has 0 spiro atoms. The molecule has 1 aromatic heterocycles. The van der Waals surface area contributed by atoms with Gasteiger partial charge in [0.05, 0.1) is 30.9 Å². The van der Waals surface area contributed by atoms with E-state index in [1.54, 1.807) is 24.3 Å². The fourth-order valence-electron chi connectivity index (χ4n) is 4.15. The molecule has 2 N–H and O–H groups in total. The molecule has 1 saturated heterocycles. The third-order valence-electron chi connectivity index (χ3n) is 6.33. The highest BCUT2D eigenvalue weighted by Crippen LogP contribution is 2.25. The van der Waals surface area contributed by atoms with Crippen molar-refractivity contribution in [2.24, 2.45) is 10.4 Å². The lowest BCUT2D eigenvalue weighted by molar-refractivity contribution is -0.147. The Labute approximate surface area is 218 Å². The van der Waals surface area contributed by atoms with Crippen LogP contribution in [0.2, 0.25) is 5.02 Å². The molecule has 0 amide bonds. The van der Waals surface area contributed by atoms with Gasteiger partial charge in [-0.05, 0) is 62.2 Å². The molecule has 0 unspecified atom stereocenters. The second kappa shape index (κ2) is 10.8. The van der Waals surface area contributed by atoms with Crippen molar-refractivity contribution in [1.82, 2.24) is 14.1 Å². The summed E-state index contributed by atoms with van der Waals surface area (Å²) in [5, 5.41) is 10.1. The molecule has 2 aromatic carbocycles. The Bertz CT molecular complexity index is 1480. The number of nitrogens with zero attached hydrogens (tertiary/aromatic N) is 4. The summed E-state index contributed by atoms with van der Waals surface area (Å²) in [7, 11) is 0. The van der Waals surface area contributed by atoms with Crippen LogP contribution >= 0.6 is 11.6 Å². The Kier molecular flexibility index (Phi) is 7.70. The van der Waals surface area contributed by atoms with E-state index in [1.807, 2.05) is 25.1 Å². The molecule has 0 atom stereocenters. The lowest BCUT2D eigenvalue weighted by atomic mass is 9.94. The molecular weight excluding hydrogens is 498 g/mol. The third kappa shape index (κ3) is 6.03. The Morgan fingerprint density at radius 2 is 1.78 bits per heavy atom. The zero-order valence-corrected chi connectivity index (χ0v) is 21.8. The first-order valence-corrected chi connectivity index (χ1v) is 12.3. The summed E-state index contributed by atoms with van der Waals surface area (Å²) in [6, 6.07) is 12.7. The van der Waals surface area contributed by atoms with E-state index in [4.69, 9.17) is 16.3 Å². The molecule has 0 aliphatic carbocycles. The van der Waals surface area contributed by atoms with Crippen molar-refractivity contribution in [3.8, 4) is 0 Å². The lowest BCUT2D eigenvalue weighted by Crippen LogP contribution is -2.52. The van der Waals surface area contributed by atoms with Crippen LogP contribution < -0.4 is 21.9 Å². The fraction of sp³-hybridized carbons (Fsp3) is 0.385. The summed E-state index contributed by atoms with van der Waals surface area (Å²) >= 11 is 6.01. The number of aromatic amines is 1. The van der Waals surface area contributed by atoms with E-state index in [-0.39, 0.29) is 18.7 Å². The van der Waals surface area contributed by atoms with Crippen LogP contribution in [0.5, 0.6) is 0 Å². The lowest BCUT2D eigenvalue weighted by Gasteiger charge is -2.30. The smallest absolute Gasteiger partial charge is 0.335 e. The number of carboxylic acid groups (broad SMARTS) is 1. The predicted molar refractivity (Wildman–Crippen MR) is 141 cm³/mol. The van der Waals surface area contributed by atoms with Gasteiger partial charge in [-0.3, -0.25) is 14.3 Å². The average molecular weight is 528 g/mol. The second-order valence-corrected chi connectivity index (χ2v) is 10.1. The molecule has 3 aromatic rings. The zero-order valence-electron chi connectivity index (χ0n) is 21.0. The standard InChI is InChI=1S/C26H30ClN5O5/c1-17-14-20(8-9-21(17)30-10-12-37-13-11-30)28-23-29-24(35)32(16-26(2,3)22(33)34)25(36)31(23)15-18-4-6-19(27)7-5-18/h4-9,14H,10-13,15-16H2,1-3H3,(H,33,34)(H,28,29,35). The van der Waals surface area contributed by atoms with Crippen molar-refractivity contribution in [2.75, 3.05) is 31.2 Å². The molecule has 1 fully saturated rings. The van der Waals surface area contributed by atoms with E-state index in [2.05, 4.69) is 14.9 Å². The quantitative estimate of drug-likeness (QED) is 0.487. The van der Waals surface area contributed by atoms with Gasteiger partial charge < -0.3 is 14.7 Å². The number of aromatic nitrogens is 3. The zero-order chi connectivity index (χ0) is 26.7. The van der Waals surface area contributed by atoms with Crippen LogP contribution in [0.3, 0.4) is 0 Å². The highest BCUT2D eigenvalue weighted by molar-refractivity contribution is 6.30. The van der Waals surface area contributed by atoms with E-state index in [0.717, 1.165) is 34.5 Å². The summed E-state index contributed by atoms with van der Waals surface area (Å²) < 4.78 is 7.67. The molecular formula is C26H30ClN5O5. The first-order valence-electron chi connectivity index (χ1n) is 11.9. The van der Waals surface area contributed by atoms with E-state index in [9.17, 15) is 19.5 Å². The number of aryl methyl sites for hydroxylation is 1. The number of benzene rings is 2. The first kappa shape index (κ1) is 26.4. The van der Waals surface area contributed by atoms with Crippen molar-refractivity contribution in [3.63, 3.8) is 0 Å². The molecule has 11 heteroatoms. The Morgan fingerprint density at radius 1 is 1.11 bits per heavy atom. The molecule has 10 nitrogen and oxygen atoms in total. The molecule has 2 heterocycles. The number of ether oxygens (including phenoxy) is 1. The van der Waals surface area contributed by atoms with Gasteiger partial charge in [0.15, 0.2) is 0 Å². The summed E-state index contributed by atoms with van der Waals surface area (Å²) in [4.78, 5) is 47.6. The highest BCUT2D eigenvalue weighted by Gasteiger charge is 2.29. The molecule has 196 valence electrons. The summed E-state index contributed by atoms with van der Waals surface area (Å²) in [5.41, 5.74) is 0.756. The fourth-order valence-corrected chi connectivity index (χ4v) is 4.28. The van der Waals surface area contributed by atoms with Crippen LogP contribution in [-0.2, 0) is 22.6 Å². The van der Waals surface area contributed by atoms with E-state index < -0.39 is 22.8 Å². The monoisotopic (exact) mass is 527 g/mol. The summed E-state index contributed by atoms with van der Waals surface area (Å²) in [5.74, 6) is -1.12. The van der Waals surface area contributed by atoms with E-state index >= 15 is 0 Å². The van der Waals surface area contributed by atoms with E-state index in [0.29, 0.717) is 23.9 Å². The number of morpholine rings is 1. The highest BCUT2D eigenvalue weighted by atomic mass is 35.5. The number of anilines is 1. The van der Waals surface area contributed by atoms with Crippen LogP contribution in [0.25, 0.3) is 0 Å². The number of carbonyl (C=O) groups is 1. The molecule has 37 heavy (non-hydrogen) atoms. The molecule has 1 aliphatic heterocycles. The van der Waals surface area contributed by atoms with Crippen molar-refractivity contribution < 1.29 is 14.6 Å². The van der Waals surface area contributed by atoms with Crippen molar-refractivity contribution in [3.05, 3.63) is 85.2 Å². The van der Waals surface area contributed by atoms with Gasteiger partial charge in [-0.2, -0.15) is 0 Å². The average Bonchev–Trinajstić information content (AvgIpc) is 2.86. The normalized spacial score (nSPS) is 14.7. The Morgan fingerprint density at radius 3 is 2.41 bits per heavy atom. The number of hydrogen-bond donors (Lipinski definition) is 2. The molecule has 0 bridgehead atoms. The van der Waals surface area contributed by atoms with Crippen molar-refractivity contribution >= 4 is 28.9 Å². The van der Waals surface area contributed by atoms with Gasteiger partial charge >= 0.3 is 17.3 Å². The minimum absolute atomic E-state index is 0.0628. The number of hydrogen-bond acceptors (Lipinski definition) is 6. The van der Waals surface area contributed by atoms with Gasteiger partial charge in [0, 0.05) is 30.3 Å². The Balaban J connectivity index is 1.82. The number of H-pyrrole nitrogens is 1. The van der Waals surface area contributed by atoms with Crippen molar-refractivity contribution in [2.45, 2.75) is 33.9 Å². The van der Waals surface area contributed by atoms with E-state index in [1.165, 1.54) is 18.4 Å². The van der Waals surface area contributed by atoms with Crippen LogP contribution in [-0.4, -0.2) is 51.5 Å². The van der Waals surface area contributed by atoms with Gasteiger partial charge in [-0.25, -0.2) is 19.1 Å².